The van der Waals surface area contributed by atoms with Crippen LogP contribution < -0.4 is 5.32 Å². The molecule has 0 amide bonds. The highest BCUT2D eigenvalue weighted by molar-refractivity contribution is 5.33. The van der Waals surface area contributed by atoms with Gasteiger partial charge in [0.25, 0.3) is 0 Å². The third kappa shape index (κ3) is 1.53. The maximum Gasteiger partial charge on any atom is 0.123 e. The lowest BCUT2D eigenvalue weighted by molar-refractivity contribution is 0.0580. The van der Waals surface area contributed by atoms with E-state index in [1.165, 1.54) is 12.1 Å². The van der Waals surface area contributed by atoms with Gasteiger partial charge in [-0.3, -0.25) is 0 Å². The summed E-state index contributed by atoms with van der Waals surface area (Å²) in [7, 11) is 0. The van der Waals surface area contributed by atoms with Gasteiger partial charge in [-0.15, -0.1) is 0 Å². The molecule has 2 rings (SSSR count). The first kappa shape index (κ1) is 9.62. The van der Waals surface area contributed by atoms with Gasteiger partial charge in [0.15, 0.2) is 0 Å². The SMILES string of the molecule is Cc1cc(F)ccc1C1(O)CCNC1. The van der Waals surface area contributed by atoms with Gasteiger partial charge >= 0.3 is 0 Å². The highest BCUT2D eigenvalue weighted by Crippen LogP contribution is 2.30. The summed E-state index contributed by atoms with van der Waals surface area (Å²) in [5.41, 5.74) is 0.845. The van der Waals surface area contributed by atoms with Crippen LogP contribution in [0.15, 0.2) is 18.2 Å². The molecule has 14 heavy (non-hydrogen) atoms. The number of hydrogen-bond acceptors (Lipinski definition) is 2. The summed E-state index contributed by atoms with van der Waals surface area (Å²) in [4.78, 5) is 0. The van der Waals surface area contributed by atoms with E-state index in [-0.39, 0.29) is 5.82 Å². The predicted molar refractivity (Wildman–Crippen MR) is 52.5 cm³/mol. The number of benzene rings is 1. The third-order valence-electron chi connectivity index (χ3n) is 2.82. The number of nitrogens with one attached hydrogen (secondary N) is 1. The average Bonchev–Trinajstić information content (AvgIpc) is 2.52. The lowest BCUT2D eigenvalue weighted by Gasteiger charge is -2.23. The zero-order valence-corrected chi connectivity index (χ0v) is 8.18. The smallest absolute Gasteiger partial charge is 0.123 e. The first-order valence-corrected chi connectivity index (χ1v) is 4.81. The molecule has 0 aliphatic carbocycles. The molecule has 0 spiro atoms. The van der Waals surface area contributed by atoms with Crippen LogP contribution in [0.5, 0.6) is 0 Å². The number of aliphatic hydroxyl groups is 1. The van der Waals surface area contributed by atoms with Crippen molar-refractivity contribution in [3.63, 3.8) is 0 Å². The molecule has 1 saturated heterocycles. The van der Waals surface area contributed by atoms with E-state index in [0.717, 1.165) is 17.7 Å². The normalized spacial score (nSPS) is 26.8. The lowest BCUT2D eigenvalue weighted by Crippen LogP contribution is -2.29. The van der Waals surface area contributed by atoms with Crippen molar-refractivity contribution in [2.75, 3.05) is 13.1 Å². The minimum atomic E-state index is -0.808. The lowest BCUT2D eigenvalue weighted by atomic mass is 9.89. The number of rotatable bonds is 1. The van der Waals surface area contributed by atoms with E-state index >= 15 is 0 Å². The van der Waals surface area contributed by atoms with Crippen molar-refractivity contribution >= 4 is 0 Å². The first-order valence-electron chi connectivity index (χ1n) is 4.81. The summed E-state index contributed by atoms with van der Waals surface area (Å²) in [5.74, 6) is -0.249. The van der Waals surface area contributed by atoms with Gasteiger partial charge in [0.2, 0.25) is 0 Å². The van der Waals surface area contributed by atoms with Gasteiger partial charge in [0.05, 0.1) is 0 Å². The molecule has 76 valence electrons. The standard InChI is InChI=1S/C11H14FNO/c1-8-6-9(12)2-3-10(8)11(14)4-5-13-7-11/h2-3,6,13-14H,4-5,7H2,1H3. The van der Waals surface area contributed by atoms with E-state index in [1.54, 1.807) is 6.07 Å². The fourth-order valence-electron chi connectivity index (χ4n) is 2.06. The van der Waals surface area contributed by atoms with E-state index in [4.69, 9.17) is 0 Å². The third-order valence-corrected chi connectivity index (χ3v) is 2.82. The second kappa shape index (κ2) is 3.33. The van der Waals surface area contributed by atoms with Crippen LogP contribution in [0.3, 0.4) is 0 Å². The highest BCUT2D eigenvalue weighted by atomic mass is 19.1. The van der Waals surface area contributed by atoms with Crippen LogP contribution in [-0.4, -0.2) is 18.2 Å². The Hall–Kier alpha value is -0.930. The molecule has 0 bridgehead atoms. The van der Waals surface area contributed by atoms with Crippen molar-refractivity contribution in [1.29, 1.82) is 0 Å². The van der Waals surface area contributed by atoms with Crippen molar-refractivity contribution in [2.24, 2.45) is 0 Å². The Labute approximate surface area is 82.8 Å². The fourth-order valence-corrected chi connectivity index (χ4v) is 2.06. The van der Waals surface area contributed by atoms with Crippen molar-refractivity contribution in [2.45, 2.75) is 18.9 Å². The molecule has 2 nitrogen and oxygen atoms in total. The average molecular weight is 195 g/mol. The zero-order valence-electron chi connectivity index (χ0n) is 8.18. The highest BCUT2D eigenvalue weighted by Gasteiger charge is 2.33. The van der Waals surface area contributed by atoms with Crippen molar-refractivity contribution < 1.29 is 9.50 Å². The fraction of sp³-hybridized carbons (Fsp3) is 0.455. The number of hydrogen-bond donors (Lipinski definition) is 2. The summed E-state index contributed by atoms with van der Waals surface area (Å²) in [6.07, 6.45) is 0.694. The van der Waals surface area contributed by atoms with Gasteiger partial charge in [-0.25, -0.2) is 4.39 Å². The maximum atomic E-state index is 12.9. The van der Waals surface area contributed by atoms with Gasteiger partial charge in [-0.05, 0) is 43.1 Å². The second-order valence-electron chi connectivity index (χ2n) is 3.92. The number of β-amino-alcohol motifs (C(OH)–C–C–N with tert-alkyl or cyclic N) is 1. The summed E-state index contributed by atoms with van der Waals surface area (Å²) < 4.78 is 12.9. The minimum absolute atomic E-state index is 0.249. The molecule has 1 aromatic rings. The van der Waals surface area contributed by atoms with Crippen LogP contribution in [0.2, 0.25) is 0 Å². The largest absolute Gasteiger partial charge is 0.384 e. The summed E-state index contributed by atoms with van der Waals surface area (Å²) in [5, 5.41) is 13.4. The van der Waals surface area contributed by atoms with E-state index in [2.05, 4.69) is 5.32 Å². The molecule has 1 atom stereocenters. The Morgan fingerprint density at radius 1 is 1.50 bits per heavy atom. The van der Waals surface area contributed by atoms with Crippen LogP contribution in [-0.2, 0) is 5.60 Å². The van der Waals surface area contributed by atoms with Gasteiger partial charge in [0, 0.05) is 6.54 Å². The van der Waals surface area contributed by atoms with Crippen molar-refractivity contribution in [3.8, 4) is 0 Å². The molecule has 0 aromatic heterocycles. The van der Waals surface area contributed by atoms with Crippen LogP contribution in [0, 0.1) is 12.7 Å². The molecular formula is C11H14FNO. The monoisotopic (exact) mass is 195 g/mol. The Balaban J connectivity index is 2.40. The molecule has 0 saturated carbocycles. The molecule has 1 aliphatic rings. The molecule has 2 N–H and O–H groups in total. The minimum Gasteiger partial charge on any atom is -0.384 e. The number of halogens is 1. The van der Waals surface area contributed by atoms with E-state index in [1.807, 2.05) is 6.92 Å². The topological polar surface area (TPSA) is 32.3 Å². The quantitative estimate of drug-likeness (QED) is 0.708. The summed E-state index contributed by atoms with van der Waals surface area (Å²) >= 11 is 0. The predicted octanol–water partition coefficient (Wildman–Crippen LogP) is 1.32. The van der Waals surface area contributed by atoms with Crippen LogP contribution in [0.1, 0.15) is 17.5 Å². The van der Waals surface area contributed by atoms with Gasteiger partial charge in [-0.2, -0.15) is 0 Å². The van der Waals surface area contributed by atoms with Crippen LogP contribution >= 0.6 is 0 Å². The Morgan fingerprint density at radius 2 is 2.29 bits per heavy atom. The Morgan fingerprint density at radius 3 is 2.86 bits per heavy atom. The molecular weight excluding hydrogens is 181 g/mol. The molecule has 1 aromatic carbocycles. The van der Waals surface area contributed by atoms with Gasteiger partial charge in [0.1, 0.15) is 11.4 Å². The van der Waals surface area contributed by atoms with E-state index in [9.17, 15) is 9.50 Å². The summed E-state index contributed by atoms with van der Waals surface area (Å²) in [6.45, 7) is 3.20. The Kier molecular flexibility index (Phi) is 2.29. The van der Waals surface area contributed by atoms with E-state index in [0.29, 0.717) is 13.0 Å². The second-order valence-corrected chi connectivity index (χ2v) is 3.92. The van der Waals surface area contributed by atoms with E-state index < -0.39 is 5.60 Å². The van der Waals surface area contributed by atoms with Gasteiger partial charge < -0.3 is 10.4 Å². The maximum absolute atomic E-state index is 12.9. The van der Waals surface area contributed by atoms with Gasteiger partial charge in [-0.1, -0.05) is 6.07 Å². The Bertz CT molecular complexity index is 345. The van der Waals surface area contributed by atoms with Crippen LogP contribution in [0.25, 0.3) is 0 Å². The van der Waals surface area contributed by atoms with Crippen LogP contribution in [0.4, 0.5) is 4.39 Å². The molecule has 1 unspecified atom stereocenters. The number of aryl methyl sites for hydroxylation is 1. The zero-order chi connectivity index (χ0) is 10.2. The van der Waals surface area contributed by atoms with Crippen molar-refractivity contribution in [3.05, 3.63) is 35.1 Å². The molecule has 1 fully saturated rings. The molecule has 1 aliphatic heterocycles. The van der Waals surface area contributed by atoms with Crippen molar-refractivity contribution in [1.82, 2.24) is 5.32 Å². The molecule has 1 heterocycles. The molecule has 0 radical (unpaired) electrons. The molecule has 3 heteroatoms. The first-order chi connectivity index (χ1) is 6.62. The summed E-state index contributed by atoms with van der Waals surface area (Å²) in [6, 6.07) is 4.54.